The molecule has 0 aromatic heterocycles. The van der Waals surface area contributed by atoms with Gasteiger partial charge in [-0.2, -0.15) is 0 Å². The van der Waals surface area contributed by atoms with Crippen molar-refractivity contribution in [2.45, 2.75) is 6.92 Å². The summed E-state index contributed by atoms with van der Waals surface area (Å²) >= 11 is 0. The Bertz CT molecular complexity index is 796. The standard InChI is InChI=1S/C21H24N2O4/c1-16-6-8-19(9-7-16)27-15-20(24)23-12-10-22(11-13-23)18-5-3-4-17(14-18)21(25)26-2/h3-9,14H,10-13,15H2,1-2H3. The molecular formula is C21H24N2O4. The van der Waals surface area contributed by atoms with Gasteiger partial charge in [0.05, 0.1) is 12.7 Å². The number of hydrogen-bond acceptors (Lipinski definition) is 5. The maximum absolute atomic E-state index is 12.4. The van der Waals surface area contributed by atoms with Crippen LogP contribution in [0.15, 0.2) is 48.5 Å². The molecule has 142 valence electrons. The van der Waals surface area contributed by atoms with Crippen molar-refractivity contribution in [3.63, 3.8) is 0 Å². The van der Waals surface area contributed by atoms with Crippen LogP contribution in [0.3, 0.4) is 0 Å². The van der Waals surface area contributed by atoms with Gasteiger partial charge in [0.25, 0.3) is 5.91 Å². The molecule has 27 heavy (non-hydrogen) atoms. The van der Waals surface area contributed by atoms with Crippen molar-refractivity contribution in [2.75, 3.05) is 44.8 Å². The maximum Gasteiger partial charge on any atom is 0.337 e. The maximum atomic E-state index is 12.4. The van der Waals surface area contributed by atoms with Crippen molar-refractivity contribution < 1.29 is 19.1 Å². The third-order valence-electron chi connectivity index (χ3n) is 4.65. The lowest BCUT2D eigenvalue weighted by Crippen LogP contribution is -2.50. The smallest absolute Gasteiger partial charge is 0.337 e. The summed E-state index contributed by atoms with van der Waals surface area (Å²) in [6.45, 7) is 4.72. The van der Waals surface area contributed by atoms with E-state index in [1.165, 1.54) is 7.11 Å². The number of amides is 1. The van der Waals surface area contributed by atoms with E-state index in [-0.39, 0.29) is 18.5 Å². The number of methoxy groups -OCH3 is 1. The second-order valence-electron chi connectivity index (χ2n) is 6.51. The van der Waals surface area contributed by atoms with E-state index in [2.05, 4.69) is 4.90 Å². The van der Waals surface area contributed by atoms with Crippen LogP contribution in [0.4, 0.5) is 5.69 Å². The van der Waals surface area contributed by atoms with Crippen LogP contribution >= 0.6 is 0 Å². The van der Waals surface area contributed by atoms with E-state index < -0.39 is 0 Å². The highest BCUT2D eigenvalue weighted by Gasteiger charge is 2.22. The lowest BCUT2D eigenvalue weighted by Gasteiger charge is -2.36. The summed E-state index contributed by atoms with van der Waals surface area (Å²) in [5.41, 5.74) is 2.64. The fourth-order valence-electron chi connectivity index (χ4n) is 3.03. The highest BCUT2D eigenvalue weighted by Crippen LogP contribution is 2.19. The number of ether oxygens (including phenoxy) is 2. The molecule has 0 aliphatic carbocycles. The van der Waals surface area contributed by atoms with Gasteiger partial charge in [-0.25, -0.2) is 4.79 Å². The van der Waals surface area contributed by atoms with Crippen LogP contribution in [-0.2, 0) is 9.53 Å². The largest absolute Gasteiger partial charge is 0.484 e. The van der Waals surface area contributed by atoms with E-state index in [1.54, 1.807) is 6.07 Å². The molecule has 1 fully saturated rings. The summed E-state index contributed by atoms with van der Waals surface area (Å²) in [4.78, 5) is 28.1. The highest BCUT2D eigenvalue weighted by molar-refractivity contribution is 5.90. The number of anilines is 1. The van der Waals surface area contributed by atoms with Crippen LogP contribution in [0.5, 0.6) is 5.75 Å². The predicted octanol–water partition coefficient (Wildman–Crippen LogP) is 2.51. The molecule has 1 heterocycles. The number of hydrogen-bond donors (Lipinski definition) is 0. The molecule has 0 saturated carbocycles. The van der Waals surface area contributed by atoms with Crippen LogP contribution in [0.1, 0.15) is 15.9 Å². The Labute approximate surface area is 159 Å². The third kappa shape index (κ3) is 4.78. The first-order chi connectivity index (χ1) is 13.1. The zero-order valence-corrected chi connectivity index (χ0v) is 15.7. The van der Waals surface area contributed by atoms with Gasteiger partial charge in [0.1, 0.15) is 5.75 Å². The van der Waals surface area contributed by atoms with Gasteiger partial charge in [-0.15, -0.1) is 0 Å². The lowest BCUT2D eigenvalue weighted by molar-refractivity contribution is -0.133. The van der Waals surface area contributed by atoms with Gasteiger partial charge in [-0.05, 0) is 37.3 Å². The molecule has 1 saturated heterocycles. The molecule has 0 bridgehead atoms. The number of carbonyl (C=O) groups excluding carboxylic acids is 2. The zero-order valence-electron chi connectivity index (χ0n) is 15.7. The molecular weight excluding hydrogens is 344 g/mol. The molecule has 6 nitrogen and oxygen atoms in total. The van der Waals surface area contributed by atoms with Gasteiger partial charge >= 0.3 is 5.97 Å². The number of esters is 1. The molecule has 0 N–H and O–H groups in total. The number of benzene rings is 2. The molecule has 0 unspecified atom stereocenters. The minimum atomic E-state index is -0.348. The summed E-state index contributed by atoms with van der Waals surface area (Å²) in [6, 6.07) is 15.0. The zero-order chi connectivity index (χ0) is 19.2. The number of rotatable bonds is 5. The van der Waals surface area contributed by atoms with Crippen molar-refractivity contribution in [1.29, 1.82) is 0 Å². The summed E-state index contributed by atoms with van der Waals surface area (Å²) in [5, 5.41) is 0. The molecule has 1 aliphatic heterocycles. The number of carbonyl (C=O) groups is 2. The first-order valence-electron chi connectivity index (χ1n) is 8.97. The summed E-state index contributed by atoms with van der Waals surface area (Å²) in [5.74, 6) is 0.338. The Morgan fingerprint density at radius 1 is 1.00 bits per heavy atom. The molecule has 0 spiro atoms. The van der Waals surface area contributed by atoms with Crippen molar-refractivity contribution in [3.8, 4) is 5.75 Å². The molecule has 1 aliphatic rings. The van der Waals surface area contributed by atoms with Crippen LogP contribution < -0.4 is 9.64 Å². The van der Waals surface area contributed by atoms with Crippen molar-refractivity contribution >= 4 is 17.6 Å². The van der Waals surface area contributed by atoms with Gasteiger partial charge in [-0.1, -0.05) is 23.8 Å². The molecule has 1 amide bonds. The number of aryl methyl sites for hydroxylation is 1. The average molecular weight is 368 g/mol. The van der Waals surface area contributed by atoms with Gasteiger partial charge < -0.3 is 19.3 Å². The first-order valence-corrected chi connectivity index (χ1v) is 8.97. The average Bonchev–Trinajstić information content (AvgIpc) is 2.72. The Hall–Kier alpha value is -3.02. The molecule has 2 aromatic rings. The summed E-state index contributed by atoms with van der Waals surface area (Å²) in [6.07, 6.45) is 0. The minimum absolute atomic E-state index is 0.0152. The summed E-state index contributed by atoms with van der Waals surface area (Å²) in [7, 11) is 1.37. The van der Waals surface area contributed by atoms with Crippen LogP contribution in [-0.4, -0.2) is 56.7 Å². The SMILES string of the molecule is COC(=O)c1cccc(N2CCN(C(=O)COc3ccc(C)cc3)CC2)c1. The van der Waals surface area contributed by atoms with E-state index >= 15 is 0 Å². The highest BCUT2D eigenvalue weighted by atomic mass is 16.5. The van der Waals surface area contributed by atoms with E-state index in [1.807, 2.05) is 54.3 Å². The van der Waals surface area contributed by atoms with E-state index in [0.29, 0.717) is 37.5 Å². The van der Waals surface area contributed by atoms with Crippen LogP contribution in [0.25, 0.3) is 0 Å². The number of nitrogens with zero attached hydrogens (tertiary/aromatic N) is 2. The van der Waals surface area contributed by atoms with E-state index in [4.69, 9.17) is 9.47 Å². The van der Waals surface area contributed by atoms with E-state index in [0.717, 1.165) is 11.3 Å². The van der Waals surface area contributed by atoms with Gasteiger partial charge in [0, 0.05) is 31.9 Å². The summed E-state index contributed by atoms with van der Waals surface area (Å²) < 4.78 is 10.4. The third-order valence-corrected chi connectivity index (χ3v) is 4.65. The molecule has 3 rings (SSSR count). The number of piperazine rings is 1. The molecule has 6 heteroatoms. The Morgan fingerprint density at radius 2 is 1.70 bits per heavy atom. The van der Waals surface area contributed by atoms with Gasteiger partial charge in [-0.3, -0.25) is 4.79 Å². The fraction of sp³-hybridized carbons (Fsp3) is 0.333. The molecule has 0 radical (unpaired) electrons. The van der Waals surface area contributed by atoms with Crippen molar-refractivity contribution in [3.05, 3.63) is 59.7 Å². The van der Waals surface area contributed by atoms with Crippen LogP contribution in [0, 0.1) is 6.92 Å². The van der Waals surface area contributed by atoms with E-state index in [9.17, 15) is 9.59 Å². The first kappa shape index (κ1) is 18.8. The topological polar surface area (TPSA) is 59.1 Å². The second-order valence-corrected chi connectivity index (χ2v) is 6.51. The van der Waals surface area contributed by atoms with Crippen LogP contribution in [0.2, 0.25) is 0 Å². The Balaban J connectivity index is 1.51. The Morgan fingerprint density at radius 3 is 2.37 bits per heavy atom. The predicted molar refractivity (Wildman–Crippen MR) is 103 cm³/mol. The monoisotopic (exact) mass is 368 g/mol. The second kappa shape index (κ2) is 8.58. The van der Waals surface area contributed by atoms with Gasteiger partial charge in [0.2, 0.25) is 0 Å². The minimum Gasteiger partial charge on any atom is -0.484 e. The van der Waals surface area contributed by atoms with Crippen molar-refractivity contribution in [1.82, 2.24) is 4.90 Å². The quantitative estimate of drug-likeness (QED) is 0.759. The fourth-order valence-corrected chi connectivity index (χ4v) is 3.03. The normalized spacial score (nSPS) is 14.0. The van der Waals surface area contributed by atoms with Crippen molar-refractivity contribution in [2.24, 2.45) is 0 Å². The molecule has 0 atom stereocenters. The van der Waals surface area contributed by atoms with Gasteiger partial charge in [0.15, 0.2) is 6.61 Å². The lowest BCUT2D eigenvalue weighted by atomic mass is 10.1. The Kier molecular flexibility index (Phi) is 5.96. The molecule has 2 aromatic carbocycles.